The van der Waals surface area contributed by atoms with Gasteiger partial charge in [-0.1, -0.05) is 12.1 Å². The molecule has 1 heterocycles. The highest BCUT2D eigenvalue weighted by molar-refractivity contribution is 5.77. The van der Waals surface area contributed by atoms with Crippen molar-refractivity contribution >= 4 is 16.9 Å². The van der Waals surface area contributed by atoms with Crippen LogP contribution >= 0.6 is 0 Å². The second-order valence-electron chi connectivity index (χ2n) is 4.38. The number of carbonyl (C=O) groups excluding carboxylic acids is 1. The largest absolute Gasteiger partial charge is 0.329 e. The van der Waals surface area contributed by atoms with E-state index < -0.39 is 0 Å². The number of nitrogens with zero attached hydrogens (tertiary/aromatic N) is 2. The third-order valence-electron chi connectivity index (χ3n) is 3.13. The summed E-state index contributed by atoms with van der Waals surface area (Å²) < 4.78 is 3.33. The standard InChI is InChI=1S/C14H19N3O3/c1-3-16-11-7-5-6-8-12(11)17(14(16)19)10-9-13(18)15-20-4-2/h5-8H,3-4,9-10H2,1-2H3,(H,15,18). The van der Waals surface area contributed by atoms with E-state index in [0.29, 0.717) is 19.7 Å². The van der Waals surface area contributed by atoms with Gasteiger partial charge in [-0.3, -0.25) is 18.8 Å². The van der Waals surface area contributed by atoms with Crippen molar-refractivity contribution in [1.29, 1.82) is 0 Å². The summed E-state index contributed by atoms with van der Waals surface area (Å²) >= 11 is 0. The fraction of sp³-hybridized carbons (Fsp3) is 0.429. The Morgan fingerprint density at radius 2 is 1.85 bits per heavy atom. The zero-order valence-corrected chi connectivity index (χ0v) is 11.8. The number of aryl methyl sites for hydroxylation is 2. The van der Waals surface area contributed by atoms with Crippen molar-refractivity contribution in [1.82, 2.24) is 14.6 Å². The molecule has 0 saturated heterocycles. The molecule has 1 N–H and O–H groups in total. The van der Waals surface area contributed by atoms with Crippen LogP contribution in [0.1, 0.15) is 20.3 Å². The van der Waals surface area contributed by atoms with E-state index in [2.05, 4.69) is 5.48 Å². The lowest BCUT2D eigenvalue weighted by Crippen LogP contribution is -2.28. The number of rotatable bonds is 6. The number of benzene rings is 1. The second kappa shape index (κ2) is 6.38. The SMILES string of the molecule is CCONC(=O)CCn1c(=O)n(CC)c2ccccc21. The van der Waals surface area contributed by atoms with E-state index in [4.69, 9.17) is 4.84 Å². The molecule has 2 aromatic rings. The summed E-state index contributed by atoms with van der Waals surface area (Å²) in [5, 5.41) is 0. The second-order valence-corrected chi connectivity index (χ2v) is 4.38. The van der Waals surface area contributed by atoms with Crippen LogP contribution in [0.5, 0.6) is 0 Å². The molecule has 2 rings (SSSR count). The van der Waals surface area contributed by atoms with E-state index in [1.807, 2.05) is 31.2 Å². The number of carbonyl (C=O) groups is 1. The van der Waals surface area contributed by atoms with Crippen molar-refractivity contribution in [3.8, 4) is 0 Å². The van der Waals surface area contributed by atoms with Gasteiger partial charge in [0.2, 0.25) is 5.91 Å². The van der Waals surface area contributed by atoms with Crippen LogP contribution in [0.2, 0.25) is 0 Å². The molecular weight excluding hydrogens is 258 g/mol. The molecule has 0 spiro atoms. The zero-order valence-electron chi connectivity index (χ0n) is 11.8. The Labute approximate surface area is 116 Å². The van der Waals surface area contributed by atoms with E-state index in [1.54, 1.807) is 16.1 Å². The lowest BCUT2D eigenvalue weighted by Gasteiger charge is -2.04. The minimum absolute atomic E-state index is 0.0853. The van der Waals surface area contributed by atoms with E-state index in [0.717, 1.165) is 11.0 Å². The maximum atomic E-state index is 12.3. The fourth-order valence-corrected chi connectivity index (χ4v) is 2.21. The van der Waals surface area contributed by atoms with Crippen molar-refractivity contribution in [2.75, 3.05) is 6.61 Å². The molecule has 108 valence electrons. The number of para-hydroxylation sites is 2. The first-order valence-corrected chi connectivity index (χ1v) is 6.77. The molecule has 0 radical (unpaired) electrons. The number of fused-ring (bicyclic) bond motifs is 1. The molecule has 1 aromatic carbocycles. The summed E-state index contributed by atoms with van der Waals surface area (Å²) in [4.78, 5) is 28.7. The lowest BCUT2D eigenvalue weighted by atomic mass is 10.3. The van der Waals surface area contributed by atoms with Crippen LogP contribution in [-0.4, -0.2) is 21.6 Å². The minimum Gasteiger partial charge on any atom is -0.292 e. The highest BCUT2D eigenvalue weighted by Crippen LogP contribution is 2.12. The van der Waals surface area contributed by atoms with Crippen molar-refractivity contribution < 1.29 is 9.63 Å². The molecule has 0 aliphatic carbocycles. The number of nitrogens with one attached hydrogen (secondary N) is 1. The molecular formula is C14H19N3O3. The van der Waals surface area contributed by atoms with Crippen molar-refractivity contribution in [2.45, 2.75) is 33.4 Å². The summed E-state index contributed by atoms with van der Waals surface area (Å²) in [7, 11) is 0. The molecule has 20 heavy (non-hydrogen) atoms. The van der Waals surface area contributed by atoms with Gasteiger partial charge in [-0.25, -0.2) is 10.3 Å². The molecule has 1 aromatic heterocycles. The van der Waals surface area contributed by atoms with Gasteiger partial charge in [0.05, 0.1) is 17.6 Å². The van der Waals surface area contributed by atoms with Gasteiger partial charge >= 0.3 is 5.69 Å². The average Bonchev–Trinajstić information content (AvgIpc) is 2.74. The van der Waals surface area contributed by atoms with E-state index in [-0.39, 0.29) is 18.0 Å². The monoisotopic (exact) mass is 277 g/mol. The number of amides is 1. The van der Waals surface area contributed by atoms with Crippen LogP contribution in [0.4, 0.5) is 0 Å². The molecule has 1 amide bonds. The van der Waals surface area contributed by atoms with Crippen molar-refractivity contribution in [3.05, 3.63) is 34.7 Å². The van der Waals surface area contributed by atoms with Gasteiger partial charge in [-0.2, -0.15) is 0 Å². The highest BCUT2D eigenvalue weighted by atomic mass is 16.6. The number of hydroxylamine groups is 1. The molecule has 0 saturated carbocycles. The lowest BCUT2D eigenvalue weighted by molar-refractivity contribution is -0.133. The smallest absolute Gasteiger partial charge is 0.292 e. The third-order valence-corrected chi connectivity index (χ3v) is 3.13. The van der Waals surface area contributed by atoms with Gasteiger partial charge in [-0.15, -0.1) is 0 Å². The molecule has 6 heteroatoms. The van der Waals surface area contributed by atoms with E-state index in [9.17, 15) is 9.59 Å². The predicted octanol–water partition coefficient (Wildman–Crippen LogP) is 1.28. The van der Waals surface area contributed by atoms with Crippen LogP contribution in [0.15, 0.2) is 29.1 Å². The summed E-state index contributed by atoms with van der Waals surface area (Å²) in [6.07, 6.45) is 0.206. The van der Waals surface area contributed by atoms with Gasteiger partial charge in [0.15, 0.2) is 0 Å². The Morgan fingerprint density at radius 1 is 1.20 bits per heavy atom. The van der Waals surface area contributed by atoms with Crippen LogP contribution < -0.4 is 11.2 Å². The number of aromatic nitrogens is 2. The summed E-state index contributed by atoms with van der Waals surface area (Å²) in [5.74, 6) is -0.230. The number of imidazole rings is 1. The summed E-state index contributed by atoms with van der Waals surface area (Å²) in [5.41, 5.74) is 3.99. The quantitative estimate of drug-likeness (QED) is 0.809. The zero-order chi connectivity index (χ0) is 14.5. The normalized spacial score (nSPS) is 10.9. The van der Waals surface area contributed by atoms with E-state index in [1.165, 1.54) is 0 Å². The Bertz CT molecular complexity index is 657. The van der Waals surface area contributed by atoms with E-state index >= 15 is 0 Å². The first-order chi connectivity index (χ1) is 9.69. The van der Waals surface area contributed by atoms with Crippen molar-refractivity contribution in [2.24, 2.45) is 0 Å². The molecule has 0 aliphatic rings. The minimum atomic E-state index is -0.230. The van der Waals surface area contributed by atoms with Gasteiger partial charge in [0.25, 0.3) is 0 Å². The van der Waals surface area contributed by atoms with Crippen LogP contribution in [-0.2, 0) is 22.7 Å². The highest BCUT2D eigenvalue weighted by Gasteiger charge is 2.12. The Kier molecular flexibility index (Phi) is 4.57. The van der Waals surface area contributed by atoms with Crippen LogP contribution in [0.3, 0.4) is 0 Å². The number of hydrogen-bond acceptors (Lipinski definition) is 3. The van der Waals surface area contributed by atoms with Gasteiger partial charge in [0, 0.05) is 19.5 Å². The first-order valence-electron chi connectivity index (χ1n) is 6.77. The van der Waals surface area contributed by atoms with Crippen LogP contribution in [0, 0.1) is 0 Å². The third kappa shape index (κ3) is 2.75. The molecule has 0 atom stereocenters. The summed E-state index contributed by atoms with van der Waals surface area (Å²) in [6, 6.07) is 7.60. The van der Waals surface area contributed by atoms with Gasteiger partial charge in [-0.05, 0) is 26.0 Å². The maximum absolute atomic E-state index is 12.3. The first kappa shape index (κ1) is 14.3. The Balaban J connectivity index is 2.24. The molecule has 0 fully saturated rings. The molecule has 0 bridgehead atoms. The maximum Gasteiger partial charge on any atom is 0.329 e. The molecule has 0 aliphatic heterocycles. The molecule has 0 unspecified atom stereocenters. The number of hydrogen-bond donors (Lipinski definition) is 1. The van der Waals surface area contributed by atoms with Crippen LogP contribution in [0.25, 0.3) is 11.0 Å². The Hall–Kier alpha value is -2.08. The molecule has 6 nitrogen and oxygen atoms in total. The summed E-state index contributed by atoms with van der Waals surface area (Å²) in [6.45, 7) is 5.09. The predicted molar refractivity (Wildman–Crippen MR) is 76.3 cm³/mol. The Morgan fingerprint density at radius 3 is 2.45 bits per heavy atom. The van der Waals surface area contributed by atoms with Gasteiger partial charge < -0.3 is 0 Å². The fourth-order valence-electron chi connectivity index (χ4n) is 2.21. The van der Waals surface area contributed by atoms with Crippen molar-refractivity contribution in [3.63, 3.8) is 0 Å². The van der Waals surface area contributed by atoms with Gasteiger partial charge in [0.1, 0.15) is 0 Å². The average molecular weight is 277 g/mol. The topological polar surface area (TPSA) is 65.3 Å².